The standard InChI is InChI=1S/C17H11ClN2/c18-14-7-5-12(6-8-14)9-13(10-19)16-11-20-17-4-2-1-3-15(16)17/h1-9,11,20H/b13-9+. The first-order valence-corrected chi connectivity index (χ1v) is 6.59. The van der Waals surface area contributed by atoms with Crippen LogP contribution in [0.2, 0.25) is 5.02 Å². The van der Waals surface area contributed by atoms with Gasteiger partial charge in [0.05, 0.1) is 11.6 Å². The van der Waals surface area contributed by atoms with Gasteiger partial charge in [-0.3, -0.25) is 0 Å². The zero-order chi connectivity index (χ0) is 13.9. The number of H-pyrrole nitrogens is 1. The highest BCUT2D eigenvalue weighted by atomic mass is 35.5. The van der Waals surface area contributed by atoms with Crippen molar-refractivity contribution in [3.63, 3.8) is 0 Å². The van der Waals surface area contributed by atoms with Gasteiger partial charge in [0.15, 0.2) is 0 Å². The Labute approximate surface area is 121 Å². The van der Waals surface area contributed by atoms with Crippen LogP contribution in [0.15, 0.2) is 54.7 Å². The minimum absolute atomic E-state index is 0.629. The van der Waals surface area contributed by atoms with E-state index in [0.717, 1.165) is 22.0 Å². The Balaban J connectivity index is 2.10. The van der Waals surface area contributed by atoms with Crippen molar-refractivity contribution in [1.29, 1.82) is 5.26 Å². The lowest BCUT2D eigenvalue weighted by molar-refractivity contribution is 1.46. The van der Waals surface area contributed by atoms with Gasteiger partial charge in [-0.2, -0.15) is 5.26 Å². The Bertz CT molecular complexity index is 820. The van der Waals surface area contributed by atoms with E-state index in [1.165, 1.54) is 0 Å². The van der Waals surface area contributed by atoms with Crippen molar-refractivity contribution in [3.8, 4) is 6.07 Å². The molecule has 0 amide bonds. The maximum Gasteiger partial charge on any atom is 0.0998 e. The van der Waals surface area contributed by atoms with Gasteiger partial charge >= 0.3 is 0 Å². The van der Waals surface area contributed by atoms with E-state index in [1.54, 1.807) is 0 Å². The smallest absolute Gasteiger partial charge is 0.0998 e. The van der Waals surface area contributed by atoms with E-state index >= 15 is 0 Å². The number of allylic oxidation sites excluding steroid dienone is 1. The number of benzene rings is 2. The van der Waals surface area contributed by atoms with Crippen LogP contribution in [0, 0.1) is 11.3 Å². The summed E-state index contributed by atoms with van der Waals surface area (Å²) in [5, 5.41) is 11.2. The fourth-order valence-corrected chi connectivity index (χ4v) is 2.32. The second-order valence-electron chi connectivity index (χ2n) is 4.47. The zero-order valence-electron chi connectivity index (χ0n) is 10.6. The molecule has 0 aliphatic rings. The third kappa shape index (κ3) is 2.32. The number of rotatable bonds is 2. The Hall–Kier alpha value is -2.50. The molecule has 0 fully saturated rings. The van der Waals surface area contributed by atoms with E-state index in [2.05, 4.69) is 11.1 Å². The lowest BCUT2D eigenvalue weighted by Gasteiger charge is -1.98. The first kappa shape index (κ1) is 12.5. The molecule has 0 atom stereocenters. The highest BCUT2D eigenvalue weighted by Gasteiger charge is 2.07. The summed E-state index contributed by atoms with van der Waals surface area (Å²) < 4.78 is 0. The summed E-state index contributed by atoms with van der Waals surface area (Å²) in [5.74, 6) is 0. The molecule has 1 N–H and O–H groups in total. The summed E-state index contributed by atoms with van der Waals surface area (Å²) in [4.78, 5) is 3.18. The van der Waals surface area contributed by atoms with Crippen LogP contribution in [-0.2, 0) is 0 Å². The topological polar surface area (TPSA) is 39.6 Å². The second kappa shape index (κ2) is 5.24. The largest absolute Gasteiger partial charge is 0.361 e. The van der Waals surface area contributed by atoms with Crippen molar-refractivity contribution in [3.05, 3.63) is 70.9 Å². The van der Waals surface area contributed by atoms with Crippen molar-refractivity contribution in [2.24, 2.45) is 0 Å². The molecule has 0 radical (unpaired) electrons. The Kier molecular flexibility index (Phi) is 3.28. The van der Waals surface area contributed by atoms with E-state index in [9.17, 15) is 5.26 Å². The van der Waals surface area contributed by atoms with Crippen LogP contribution in [0.4, 0.5) is 0 Å². The van der Waals surface area contributed by atoms with Gasteiger partial charge in [-0.1, -0.05) is 41.9 Å². The number of halogens is 1. The molecule has 3 aromatic rings. The molecule has 1 aromatic heterocycles. The number of para-hydroxylation sites is 1. The molecule has 0 unspecified atom stereocenters. The first-order chi connectivity index (χ1) is 9.78. The summed E-state index contributed by atoms with van der Waals surface area (Å²) in [6, 6.07) is 17.6. The number of aromatic nitrogens is 1. The Morgan fingerprint density at radius 1 is 1.10 bits per heavy atom. The predicted molar refractivity (Wildman–Crippen MR) is 83.2 cm³/mol. The molecule has 0 saturated heterocycles. The van der Waals surface area contributed by atoms with Gasteiger partial charge in [-0.15, -0.1) is 0 Å². The van der Waals surface area contributed by atoms with E-state index < -0.39 is 0 Å². The van der Waals surface area contributed by atoms with Gasteiger partial charge < -0.3 is 4.98 Å². The zero-order valence-corrected chi connectivity index (χ0v) is 11.4. The molecule has 96 valence electrons. The summed E-state index contributed by atoms with van der Waals surface area (Å²) in [6.45, 7) is 0. The van der Waals surface area contributed by atoms with E-state index in [0.29, 0.717) is 10.6 Å². The molecule has 3 rings (SSSR count). The molecule has 1 heterocycles. The van der Waals surface area contributed by atoms with Crippen molar-refractivity contribution in [2.75, 3.05) is 0 Å². The van der Waals surface area contributed by atoms with E-state index in [-0.39, 0.29) is 0 Å². The molecular weight excluding hydrogens is 268 g/mol. The molecule has 20 heavy (non-hydrogen) atoms. The lowest BCUT2D eigenvalue weighted by Crippen LogP contribution is -1.80. The van der Waals surface area contributed by atoms with Crippen LogP contribution in [-0.4, -0.2) is 4.98 Å². The second-order valence-corrected chi connectivity index (χ2v) is 4.91. The molecule has 0 bridgehead atoms. The highest BCUT2D eigenvalue weighted by molar-refractivity contribution is 6.30. The highest BCUT2D eigenvalue weighted by Crippen LogP contribution is 2.26. The fraction of sp³-hybridized carbons (Fsp3) is 0. The van der Waals surface area contributed by atoms with Crippen molar-refractivity contribution in [2.45, 2.75) is 0 Å². The molecule has 0 spiro atoms. The molecule has 3 heteroatoms. The van der Waals surface area contributed by atoms with Gasteiger partial charge in [0, 0.05) is 27.7 Å². The lowest BCUT2D eigenvalue weighted by atomic mass is 10.0. The first-order valence-electron chi connectivity index (χ1n) is 6.22. The number of fused-ring (bicyclic) bond motifs is 1. The maximum absolute atomic E-state index is 9.41. The van der Waals surface area contributed by atoms with Gasteiger partial charge in [0.1, 0.15) is 0 Å². The summed E-state index contributed by atoms with van der Waals surface area (Å²) >= 11 is 5.87. The third-order valence-corrected chi connectivity index (χ3v) is 3.43. The Morgan fingerprint density at radius 3 is 2.60 bits per heavy atom. The van der Waals surface area contributed by atoms with Crippen LogP contribution in [0.25, 0.3) is 22.6 Å². The number of nitrogens with zero attached hydrogens (tertiary/aromatic N) is 1. The minimum Gasteiger partial charge on any atom is -0.361 e. The number of nitriles is 1. The molecule has 2 aromatic carbocycles. The van der Waals surface area contributed by atoms with E-state index in [4.69, 9.17) is 11.6 Å². The number of aromatic amines is 1. The number of hydrogen-bond acceptors (Lipinski definition) is 1. The Morgan fingerprint density at radius 2 is 1.85 bits per heavy atom. The summed E-state index contributed by atoms with van der Waals surface area (Å²) in [6.07, 6.45) is 3.74. The number of hydrogen-bond donors (Lipinski definition) is 1. The van der Waals surface area contributed by atoms with Crippen LogP contribution >= 0.6 is 11.6 Å². The van der Waals surface area contributed by atoms with Crippen LogP contribution < -0.4 is 0 Å². The van der Waals surface area contributed by atoms with Gasteiger partial charge in [-0.25, -0.2) is 0 Å². The van der Waals surface area contributed by atoms with Crippen LogP contribution in [0.5, 0.6) is 0 Å². The van der Waals surface area contributed by atoms with Crippen molar-refractivity contribution < 1.29 is 0 Å². The normalized spacial score (nSPS) is 11.5. The third-order valence-electron chi connectivity index (χ3n) is 3.18. The fourth-order valence-electron chi connectivity index (χ4n) is 2.19. The minimum atomic E-state index is 0.629. The average molecular weight is 279 g/mol. The SMILES string of the molecule is N#C/C(=C\c1ccc(Cl)cc1)c1c[nH]c2ccccc12. The van der Waals surface area contributed by atoms with Crippen molar-refractivity contribution >= 4 is 34.2 Å². The molecule has 0 saturated carbocycles. The molecule has 0 aliphatic carbocycles. The van der Waals surface area contributed by atoms with E-state index in [1.807, 2.05) is 60.8 Å². The monoisotopic (exact) mass is 278 g/mol. The summed E-state index contributed by atoms with van der Waals surface area (Å²) in [7, 11) is 0. The van der Waals surface area contributed by atoms with Gasteiger partial charge in [0.25, 0.3) is 0 Å². The number of nitrogens with one attached hydrogen (secondary N) is 1. The van der Waals surface area contributed by atoms with Gasteiger partial charge in [0.2, 0.25) is 0 Å². The maximum atomic E-state index is 9.41. The van der Waals surface area contributed by atoms with Crippen LogP contribution in [0.1, 0.15) is 11.1 Å². The quantitative estimate of drug-likeness (QED) is 0.666. The summed E-state index contributed by atoms with van der Waals surface area (Å²) in [5.41, 5.74) is 3.53. The molecular formula is C17H11ClN2. The average Bonchev–Trinajstić information content (AvgIpc) is 2.91. The van der Waals surface area contributed by atoms with Gasteiger partial charge in [-0.05, 0) is 29.8 Å². The molecule has 2 nitrogen and oxygen atoms in total. The van der Waals surface area contributed by atoms with Crippen LogP contribution in [0.3, 0.4) is 0 Å². The van der Waals surface area contributed by atoms with Crippen molar-refractivity contribution in [1.82, 2.24) is 4.98 Å². The molecule has 0 aliphatic heterocycles. The predicted octanol–water partition coefficient (Wildman–Crippen LogP) is 4.89.